The van der Waals surface area contributed by atoms with Crippen LogP contribution in [0.5, 0.6) is 0 Å². The summed E-state index contributed by atoms with van der Waals surface area (Å²) in [6.07, 6.45) is 3.79. The lowest BCUT2D eigenvalue weighted by Crippen LogP contribution is -2.35. The Morgan fingerprint density at radius 1 is 1.56 bits per heavy atom. The van der Waals surface area contributed by atoms with E-state index in [1.165, 1.54) is 30.8 Å². The largest absolute Gasteiger partial charge is 0.330 e. The van der Waals surface area contributed by atoms with Crippen molar-refractivity contribution in [2.24, 2.45) is 11.7 Å². The molecule has 2 N–H and O–H groups in total. The molecule has 0 amide bonds. The average Bonchev–Trinajstić information content (AvgIpc) is 2.59. The third-order valence-corrected chi connectivity index (χ3v) is 5.71. The van der Waals surface area contributed by atoms with Crippen LogP contribution in [0.3, 0.4) is 0 Å². The molecule has 2 nitrogen and oxygen atoms in total. The van der Waals surface area contributed by atoms with Gasteiger partial charge in [0.2, 0.25) is 0 Å². The molecule has 104 valence electrons. The molecular formula is C12H19BrCl2N2S. The lowest BCUT2D eigenvalue weighted by atomic mass is 9.95. The normalized spacial score (nSPS) is 20.7. The number of nitrogens with two attached hydrogens (primary N) is 1. The second-order valence-electron chi connectivity index (χ2n) is 4.66. The fourth-order valence-corrected chi connectivity index (χ4v) is 4.29. The monoisotopic (exact) mass is 372 g/mol. The summed E-state index contributed by atoms with van der Waals surface area (Å²) in [5, 5.41) is 0. The van der Waals surface area contributed by atoms with E-state index in [1.54, 1.807) is 11.3 Å². The zero-order chi connectivity index (χ0) is 12.3. The molecule has 1 saturated heterocycles. The van der Waals surface area contributed by atoms with Gasteiger partial charge in [-0.2, -0.15) is 0 Å². The van der Waals surface area contributed by atoms with Gasteiger partial charge in [0.25, 0.3) is 0 Å². The zero-order valence-corrected chi connectivity index (χ0v) is 14.2. The highest BCUT2D eigenvalue weighted by molar-refractivity contribution is 9.10. The first-order chi connectivity index (χ1) is 8.19. The van der Waals surface area contributed by atoms with E-state index in [4.69, 9.17) is 17.3 Å². The van der Waals surface area contributed by atoms with Gasteiger partial charge in [-0.25, -0.2) is 0 Å². The summed E-state index contributed by atoms with van der Waals surface area (Å²) >= 11 is 11.2. The molecule has 1 atom stereocenters. The third kappa shape index (κ3) is 4.66. The van der Waals surface area contributed by atoms with Crippen molar-refractivity contribution in [3.05, 3.63) is 19.8 Å². The Labute approximate surface area is 132 Å². The maximum atomic E-state index is 6.06. The SMILES string of the molecule is Cl.NCCC1CCCN(Cc2cc(Br)c(Cl)s2)C1. The maximum Gasteiger partial charge on any atom is 0.107 e. The number of piperidine rings is 1. The van der Waals surface area contributed by atoms with E-state index >= 15 is 0 Å². The fourth-order valence-electron chi connectivity index (χ4n) is 2.46. The van der Waals surface area contributed by atoms with E-state index in [2.05, 4.69) is 26.9 Å². The summed E-state index contributed by atoms with van der Waals surface area (Å²) in [7, 11) is 0. The van der Waals surface area contributed by atoms with Crippen molar-refractivity contribution < 1.29 is 0 Å². The molecule has 0 radical (unpaired) electrons. The number of likely N-dealkylation sites (tertiary alicyclic amines) is 1. The molecule has 0 bridgehead atoms. The van der Waals surface area contributed by atoms with Gasteiger partial charge in [-0.05, 0) is 60.3 Å². The second kappa shape index (κ2) is 8.08. The predicted molar refractivity (Wildman–Crippen MR) is 85.9 cm³/mol. The highest BCUT2D eigenvalue weighted by Crippen LogP contribution is 2.33. The van der Waals surface area contributed by atoms with Crippen LogP contribution in [0.2, 0.25) is 4.34 Å². The minimum absolute atomic E-state index is 0. The molecule has 6 heteroatoms. The van der Waals surface area contributed by atoms with Gasteiger partial charge in [-0.15, -0.1) is 23.7 Å². The van der Waals surface area contributed by atoms with Crippen LogP contribution in [-0.2, 0) is 6.54 Å². The predicted octanol–water partition coefficient (Wildman–Crippen LogP) is 4.15. The van der Waals surface area contributed by atoms with Crippen molar-refractivity contribution in [3.63, 3.8) is 0 Å². The minimum atomic E-state index is 0. The van der Waals surface area contributed by atoms with Crippen LogP contribution >= 0.6 is 51.3 Å². The highest BCUT2D eigenvalue weighted by atomic mass is 79.9. The Balaban J connectivity index is 0.00000162. The summed E-state index contributed by atoms with van der Waals surface area (Å²) in [6.45, 7) is 4.23. The van der Waals surface area contributed by atoms with Crippen LogP contribution in [0.1, 0.15) is 24.1 Å². The zero-order valence-electron chi connectivity index (χ0n) is 10.2. The molecule has 0 spiro atoms. The molecule has 0 aliphatic carbocycles. The van der Waals surface area contributed by atoms with Gasteiger partial charge >= 0.3 is 0 Å². The Morgan fingerprint density at radius 3 is 2.94 bits per heavy atom. The number of hydrogen-bond acceptors (Lipinski definition) is 3. The summed E-state index contributed by atoms with van der Waals surface area (Å²) < 4.78 is 1.88. The topological polar surface area (TPSA) is 29.3 Å². The summed E-state index contributed by atoms with van der Waals surface area (Å²) in [6, 6.07) is 2.14. The second-order valence-corrected chi connectivity index (χ2v) is 7.25. The van der Waals surface area contributed by atoms with Crippen molar-refractivity contribution in [1.82, 2.24) is 4.90 Å². The highest BCUT2D eigenvalue weighted by Gasteiger charge is 2.20. The smallest absolute Gasteiger partial charge is 0.107 e. The van der Waals surface area contributed by atoms with Crippen LogP contribution in [-0.4, -0.2) is 24.5 Å². The Morgan fingerprint density at radius 2 is 2.33 bits per heavy atom. The van der Waals surface area contributed by atoms with Crippen LogP contribution < -0.4 is 5.73 Å². The Hall–Kier alpha value is 0.680. The van der Waals surface area contributed by atoms with E-state index in [0.717, 1.165) is 34.2 Å². The van der Waals surface area contributed by atoms with Gasteiger partial charge in [0.15, 0.2) is 0 Å². The molecule has 1 aliphatic heterocycles. The van der Waals surface area contributed by atoms with Crippen molar-refractivity contribution in [1.29, 1.82) is 0 Å². The molecule has 2 rings (SSSR count). The average molecular weight is 374 g/mol. The lowest BCUT2D eigenvalue weighted by molar-refractivity contribution is 0.164. The molecule has 1 aromatic rings. The minimum Gasteiger partial charge on any atom is -0.330 e. The molecule has 18 heavy (non-hydrogen) atoms. The summed E-state index contributed by atoms with van der Waals surface area (Å²) in [5.41, 5.74) is 5.64. The number of hydrogen-bond donors (Lipinski definition) is 1. The summed E-state index contributed by atoms with van der Waals surface area (Å²) in [5.74, 6) is 0.785. The summed E-state index contributed by atoms with van der Waals surface area (Å²) in [4.78, 5) is 3.87. The van der Waals surface area contributed by atoms with Gasteiger partial charge in [0.1, 0.15) is 4.34 Å². The number of thiophene rings is 1. The lowest BCUT2D eigenvalue weighted by Gasteiger charge is -2.32. The van der Waals surface area contributed by atoms with Gasteiger partial charge in [-0.3, -0.25) is 4.90 Å². The van der Waals surface area contributed by atoms with Gasteiger partial charge in [-0.1, -0.05) is 11.6 Å². The van der Waals surface area contributed by atoms with Crippen LogP contribution in [0.15, 0.2) is 10.5 Å². The van der Waals surface area contributed by atoms with Crippen molar-refractivity contribution >= 4 is 51.3 Å². The number of halogens is 3. The van der Waals surface area contributed by atoms with E-state index < -0.39 is 0 Å². The van der Waals surface area contributed by atoms with Gasteiger partial charge < -0.3 is 5.73 Å². The molecule has 1 aliphatic rings. The maximum absolute atomic E-state index is 6.06. The first-order valence-electron chi connectivity index (χ1n) is 6.05. The van der Waals surface area contributed by atoms with Crippen LogP contribution in [0, 0.1) is 5.92 Å². The number of rotatable bonds is 4. The third-order valence-electron chi connectivity index (χ3n) is 3.25. The number of nitrogens with zero attached hydrogens (tertiary/aromatic N) is 1. The van der Waals surface area contributed by atoms with Crippen LogP contribution in [0.25, 0.3) is 0 Å². The van der Waals surface area contributed by atoms with Gasteiger partial charge in [0, 0.05) is 22.4 Å². The molecule has 1 fully saturated rings. The Kier molecular flexibility index (Phi) is 7.51. The molecule has 0 saturated carbocycles. The van der Waals surface area contributed by atoms with Crippen molar-refractivity contribution in [2.45, 2.75) is 25.8 Å². The quantitative estimate of drug-likeness (QED) is 0.858. The first kappa shape index (κ1) is 16.7. The van der Waals surface area contributed by atoms with E-state index in [9.17, 15) is 0 Å². The van der Waals surface area contributed by atoms with E-state index in [1.807, 2.05) is 0 Å². The molecular weight excluding hydrogens is 355 g/mol. The Bertz CT molecular complexity index is 351. The van der Waals surface area contributed by atoms with Crippen LogP contribution in [0.4, 0.5) is 0 Å². The molecule has 1 aromatic heterocycles. The molecule has 0 aromatic carbocycles. The van der Waals surface area contributed by atoms with Crippen molar-refractivity contribution in [2.75, 3.05) is 19.6 Å². The standard InChI is InChI=1S/C12H18BrClN2S.ClH/c13-11-6-10(17-12(11)14)8-16-5-1-2-9(7-16)3-4-15;/h6,9H,1-5,7-8,15H2;1H. The van der Waals surface area contributed by atoms with Crippen molar-refractivity contribution in [3.8, 4) is 0 Å². The molecule has 2 heterocycles. The first-order valence-corrected chi connectivity index (χ1v) is 8.04. The van der Waals surface area contributed by atoms with Gasteiger partial charge in [0.05, 0.1) is 0 Å². The van der Waals surface area contributed by atoms with E-state index in [-0.39, 0.29) is 12.4 Å². The van der Waals surface area contributed by atoms with E-state index in [0.29, 0.717) is 0 Å². The molecule has 1 unspecified atom stereocenters. The fraction of sp³-hybridized carbons (Fsp3) is 0.667.